The molecule has 102 valence electrons. The van der Waals surface area contributed by atoms with Crippen LogP contribution in [-0.2, 0) is 6.54 Å². The van der Waals surface area contributed by atoms with Gasteiger partial charge in [0.05, 0.1) is 18.2 Å². The Bertz CT molecular complexity index is 760. The number of amides is 1. The zero-order valence-electron chi connectivity index (χ0n) is 11.0. The maximum Gasteiger partial charge on any atom is 0.263 e. The third-order valence-electron chi connectivity index (χ3n) is 3.12. The number of nitrogen functional groups attached to an aromatic ring is 1. The fraction of sp³-hybridized carbons (Fsp3) is 0.133. The number of hydrogen-bond donors (Lipinski definition) is 2. The molecule has 0 unspecified atom stereocenters. The van der Waals surface area contributed by atoms with E-state index < -0.39 is 0 Å². The summed E-state index contributed by atoms with van der Waals surface area (Å²) in [4.78, 5) is 12.8. The van der Waals surface area contributed by atoms with Crippen molar-refractivity contribution in [2.75, 3.05) is 5.73 Å². The van der Waals surface area contributed by atoms with Gasteiger partial charge in [0.2, 0.25) is 0 Å². The first kappa shape index (κ1) is 12.7. The fourth-order valence-corrected chi connectivity index (χ4v) is 3.19. The molecule has 0 saturated heterocycles. The highest BCUT2D eigenvalue weighted by atomic mass is 32.1. The molecule has 0 saturated carbocycles. The second-order valence-corrected chi connectivity index (χ2v) is 5.71. The predicted octanol–water partition coefficient (Wildman–Crippen LogP) is 3.31. The van der Waals surface area contributed by atoms with Crippen molar-refractivity contribution < 1.29 is 9.21 Å². The Kier molecular flexibility index (Phi) is 3.20. The van der Waals surface area contributed by atoms with Gasteiger partial charge in [-0.1, -0.05) is 12.1 Å². The quantitative estimate of drug-likeness (QED) is 0.776. The van der Waals surface area contributed by atoms with Gasteiger partial charge in [0.1, 0.15) is 4.88 Å². The lowest BCUT2D eigenvalue weighted by atomic mass is 10.1. The Labute approximate surface area is 120 Å². The molecule has 0 bridgehead atoms. The van der Waals surface area contributed by atoms with Crippen molar-refractivity contribution in [1.29, 1.82) is 0 Å². The first-order valence-electron chi connectivity index (χ1n) is 6.23. The van der Waals surface area contributed by atoms with Crippen LogP contribution in [0.3, 0.4) is 0 Å². The predicted molar refractivity (Wildman–Crippen MR) is 80.9 cm³/mol. The van der Waals surface area contributed by atoms with Gasteiger partial charge in [-0.2, -0.15) is 0 Å². The summed E-state index contributed by atoms with van der Waals surface area (Å²) >= 11 is 1.42. The van der Waals surface area contributed by atoms with Crippen molar-refractivity contribution in [3.05, 3.63) is 52.8 Å². The SMILES string of the molecule is Cc1ccc2c(N)c(C(=O)NCc3ccoc3)sc2c1. The van der Waals surface area contributed by atoms with Crippen LogP contribution in [0.2, 0.25) is 0 Å². The van der Waals surface area contributed by atoms with Crippen LogP contribution in [0.5, 0.6) is 0 Å². The fourth-order valence-electron chi connectivity index (χ4n) is 2.05. The second kappa shape index (κ2) is 5.02. The molecule has 2 heterocycles. The first-order valence-corrected chi connectivity index (χ1v) is 7.04. The summed E-state index contributed by atoms with van der Waals surface area (Å²) in [6.07, 6.45) is 3.19. The van der Waals surface area contributed by atoms with E-state index in [1.165, 1.54) is 11.3 Å². The number of hydrogen-bond acceptors (Lipinski definition) is 4. The van der Waals surface area contributed by atoms with E-state index >= 15 is 0 Å². The Morgan fingerprint density at radius 2 is 2.25 bits per heavy atom. The molecule has 20 heavy (non-hydrogen) atoms. The number of nitrogens with two attached hydrogens (primary N) is 1. The number of nitrogens with one attached hydrogen (secondary N) is 1. The molecule has 1 aromatic carbocycles. The van der Waals surface area contributed by atoms with Crippen molar-refractivity contribution in [3.63, 3.8) is 0 Å². The summed E-state index contributed by atoms with van der Waals surface area (Å²) in [6, 6.07) is 7.82. The lowest BCUT2D eigenvalue weighted by Crippen LogP contribution is -2.22. The van der Waals surface area contributed by atoms with E-state index in [1.807, 2.05) is 31.2 Å². The van der Waals surface area contributed by atoms with Gasteiger partial charge in [0.15, 0.2) is 0 Å². The van der Waals surface area contributed by atoms with E-state index in [9.17, 15) is 4.79 Å². The van der Waals surface area contributed by atoms with Crippen molar-refractivity contribution in [2.24, 2.45) is 0 Å². The molecular weight excluding hydrogens is 272 g/mol. The maximum absolute atomic E-state index is 12.2. The van der Waals surface area contributed by atoms with Crippen molar-refractivity contribution in [2.45, 2.75) is 13.5 Å². The van der Waals surface area contributed by atoms with E-state index in [1.54, 1.807) is 12.5 Å². The summed E-state index contributed by atoms with van der Waals surface area (Å²) in [6.45, 7) is 2.45. The minimum absolute atomic E-state index is 0.150. The van der Waals surface area contributed by atoms with E-state index in [0.29, 0.717) is 17.1 Å². The molecule has 0 atom stereocenters. The third kappa shape index (κ3) is 2.28. The highest BCUT2D eigenvalue weighted by Gasteiger charge is 2.16. The van der Waals surface area contributed by atoms with Crippen LogP contribution < -0.4 is 11.1 Å². The third-order valence-corrected chi connectivity index (χ3v) is 4.29. The molecular formula is C15H14N2O2S. The largest absolute Gasteiger partial charge is 0.472 e. The molecule has 0 fully saturated rings. The molecule has 4 nitrogen and oxygen atoms in total. The number of furan rings is 1. The number of rotatable bonds is 3. The van der Waals surface area contributed by atoms with Gasteiger partial charge in [0.25, 0.3) is 5.91 Å². The van der Waals surface area contributed by atoms with Crippen molar-refractivity contribution in [3.8, 4) is 0 Å². The molecule has 0 spiro atoms. The van der Waals surface area contributed by atoms with Crippen LogP contribution in [0.1, 0.15) is 20.8 Å². The number of fused-ring (bicyclic) bond motifs is 1. The minimum Gasteiger partial charge on any atom is -0.472 e. The molecule has 0 aliphatic heterocycles. The zero-order valence-corrected chi connectivity index (χ0v) is 11.8. The van der Waals surface area contributed by atoms with Gasteiger partial charge in [0, 0.05) is 22.2 Å². The Morgan fingerprint density at radius 3 is 3.00 bits per heavy atom. The highest BCUT2D eigenvalue weighted by Crippen LogP contribution is 2.34. The van der Waals surface area contributed by atoms with E-state index in [2.05, 4.69) is 5.32 Å². The highest BCUT2D eigenvalue weighted by molar-refractivity contribution is 7.21. The Hall–Kier alpha value is -2.27. The average molecular weight is 286 g/mol. The Balaban J connectivity index is 1.85. The van der Waals surface area contributed by atoms with Gasteiger partial charge in [-0.3, -0.25) is 4.79 Å². The standard InChI is InChI=1S/C15H14N2O2S/c1-9-2-3-11-12(6-9)20-14(13(11)16)15(18)17-7-10-4-5-19-8-10/h2-6,8H,7,16H2,1H3,(H,17,18). The first-order chi connectivity index (χ1) is 9.65. The normalized spacial score (nSPS) is 10.8. The number of benzene rings is 1. The molecule has 2 aromatic heterocycles. The molecule has 3 N–H and O–H groups in total. The van der Waals surface area contributed by atoms with Gasteiger partial charge in [-0.15, -0.1) is 11.3 Å². The summed E-state index contributed by atoms with van der Waals surface area (Å²) in [7, 11) is 0. The minimum atomic E-state index is -0.150. The monoisotopic (exact) mass is 286 g/mol. The second-order valence-electron chi connectivity index (χ2n) is 4.66. The molecule has 0 aliphatic rings. The summed E-state index contributed by atoms with van der Waals surface area (Å²) < 4.78 is 6.00. The number of aryl methyl sites for hydroxylation is 1. The van der Waals surface area contributed by atoms with Crippen LogP contribution in [-0.4, -0.2) is 5.91 Å². The van der Waals surface area contributed by atoms with Crippen LogP contribution in [0, 0.1) is 6.92 Å². The average Bonchev–Trinajstić information content (AvgIpc) is 3.04. The van der Waals surface area contributed by atoms with Gasteiger partial charge < -0.3 is 15.5 Å². The number of carbonyl (C=O) groups excluding carboxylic acids is 1. The lowest BCUT2D eigenvalue weighted by Gasteiger charge is -2.02. The van der Waals surface area contributed by atoms with Gasteiger partial charge in [-0.25, -0.2) is 0 Å². The van der Waals surface area contributed by atoms with Crippen LogP contribution >= 0.6 is 11.3 Å². The topological polar surface area (TPSA) is 68.3 Å². The summed E-state index contributed by atoms with van der Waals surface area (Å²) in [5.41, 5.74) is 8.70. The number of carbonyl (C=O) groups is 1. The summed E-state index contributed by atoms with van der Waals surface area (Å²) in [5.74, 6) is -0.150. The maximum atomic E-state index is 12.2. The lowest BCUT2D eigenvalue weighted by molar-refractivity contribution is 0.0956. The number of thiophene rings is 1. The van der Waals surface area contributed by atoms with Gasteiger partial charge >= 0.3 is 0 Å². The molecule has 0 aliphatic carbocycles. The van der Waals surface area contributed by atoms with E-state index in [0.717, 1.165) is 21.2 Å². The van der Waals surface area contributed by atoms with E-state index in [-0.39, 0.29) is 5.91 Å². The van der Waals surface area contributed by atoms with Crippen molar-refractivity contribution in [1.82, 2.24) is 5.32 Å². The molecule has 3 aromatic rings. The smallest absolute Gasteiger partial charge is 0.263 e. The molecule has 5 heteroatoms. The van der Waals surface area contributed by atoms with Crippen LogP contribution in [0.15, 0.2) is 41.2 Å². The molecule has 0 radical (unpaired) electrons. The van der Waals surface area contributed by atoms with E-state index in [4.69, 9.17) is 10.2 Å². The molecule has 1 amide bonds. The summed E-state index contributed by atoms with van der Waals surface area (Å²) in [5, 5.41) is 3.79. The Morgan fingerprint density at radius 1 is 1.40 bits per heavy atom. The molecule has 3 rings (SSSR count). The zero-order chi connectivity index (χ0) is 14.1. The van der Waals surface area contributed by atoms with Crippen LogP contribution in [0.4, 0.5) is 5.69 Å². The van der Waals surface area contributed by atoms with Crippen molar-refractivity contribution >= 4 is 33.0 Å². The van der Waals surface area contributed by atoms with Crippen LogP contribution in [0.25, 0.3) is 10.1 Å². The number of anilines is 1. The van der Waals surface area contributed by atoms with Gasteiger partial charge in [-0.05, 0) is 24.6 Å².